The number of carboxylic acids is 1. The zero-order valence-corrected chi connectivity index (χ0v) is 11.0. The van der Waals surface area contributed by atoms with Gasteiger partial charge in [-0.2, -0.15) is 0 Å². The third-order valence-electron chi connectivity index (χ3n) is 3.33. The Bertz CT molecular complexity index is 376. The molecule has 1 aromatic carbocycles. The second-order valence-electron chi connectivity index (χ2n) is 4.76. The molecule has 2 heteroatoms. The van der Waals surface area contributed by atoms with Crippen molar-refractivity contribution < 1.29 is 9.90 Å². The minimum atomic E-state index is -0.699. The SMILES string of the molecule is CCCC(CCC)(C(=O)O)c1cccc(C)c1. The van der Waals surface area contributed by atoms with E-state index in [2.05, 4.69) is 0 Å². The number of rotatable bonds is 6. The van der Waals surface area contributed by atoms with Gasteiger partial charge in [-0.1, -0.05) is 56.5 Å². The molecule has 0 aliphatic rings. The molecule has 0 amide bonds. The summed E-state index contributed by atoms with van der Waals surface area (Å²) in [5.74, 6) is -0.688. The van der Waals surface area contributed by atoms with Gasteiger partial charge in [-0.3, -0.25) is 4.79 Å². The number of aliphatic carboxylic acids is 1. The second-order valence-corrected chi connectivity index (χ2v) is 4.76. The molecule has 0 saturated heterocycles. The first kappa shape index (κ1) is 13.8. The summed E-state index contributed by atoms with van der Waals surface area (Å²) in [4.78, 5) is 11.7. The van der Waals surface area contributed by atoms with E-state index in [0.29, 0.717) is 12.8 Å². The van der Waals surface area contributed by atoms with Crippen LogP contribution < -0.4 is 0 Å². The minimum absolute atomic E-state index is 0.688. The fourth-order valence-corrected chi connectivity index (χ4v) is 2.55. The van der Waals surface area contributed by atoms with Crippen molar-refractivity contribution in [3.63, 3.8) is 0 Å². The minimum Gasteiger partial charge on any atom is -0.481 e. The van der Waals surface area contributed by atoms with Gasteiger partial charge in [0.05, 0.1) is 5.41 Å². The molecular weight excluding hydrogens is 212 g/mol. The van der Waals surface area contributed by atoms with E-state index in [1.165, 1.54) is 0 Å². The molecule has 1 rings (SSSR count). The lowest BCUT2D eigenvalue weighted by molar-refractivity contribution is -0.144. The molecule has 0 aliphatic heterocycles. The van der Waals surface area contributed by atoms with Crippen LogP contribution >= 0.6 is 0 Å². The van der Waals surface area contributed by atoms with Crippen LogP contribution in [0.4, 0.5) is 0 Å². The smallest absolute Gasteiger partial charge is 0.314 e. The van der Waals surface area contributed by atoms with Crippen LogP contribution in [0.3, 0.4) is 0 Å². The monoisotopic (exact) mass is 234 g/mol. The second kappa shape index (κ2) is 5.85. The van der Waals surface area contributed by atoms with E-state index < -0.39 is 11.4 Å². The lowest BCUT2D eigenvalue weighted by atomic mass is 9.73. The highest BCUT2D eigenvalue weighted by Gasteiger charge is 2.38. The van der Waals surface area contributed by atoms with Crippen molar-refractivity contribution in [2.45, 2.75) is 51.9 Å². The Labute approximate surface area is 104 Å². The van der Waals surface area contributed by atoms with Crippen molar-refractivity contribution in [3.8, 4) is 0 Å². The summed E-state index contributed by atoms with van der Waals surface area (Å²) in [7, 11) is 0. The molecule has 0 fully saturated rings. The Hall–Kier alpha value is -1.31. The molecule has 94 valence electrons. The summed E-state index contributed by atoms with van der Waals surface area (Å²) in [5.41, 5.74) is 1.38. The number of carboxylic acid groups (broad SMARTS) is 1. The van der Waals surface area contributed by atoms with E-state index in [1.54, 1.807) is 0 Å². The first-order chi connectivity index (χ1) is 8.06. The predicted octanol–water partition coefficient (Wildman–Crippen LogP) is 3.92. The van der Waals surface area contributed by atoms with Crippen LogP contribution in [0.2, 0.25) is 0 Å². The molecule has 2 nitrogen and oxygen atoms in total. The number of carbonyl (C=O) groups is 1. The topological polar surface area (TPSA) is 37.3 Å². The van der Waals surface area contributed by atoms with E-state index >= 15 is 0 Å². The Morgan fingerprint density at radius 3 is 2.24 bits per heavy atom. The number of aryl methyl sites for hydroxylation is 1. The zero-order valence-electron chi connectivity index (χ0n) is 11.0. The van der Waals surface area contributed by atoms with Gasteiger partial charge in [-0.15, -0.1) is 0 Å². The van der Waals surface area contributed by atoms with Gasteiger partial charge in [0.2, 0.25) is 0 Å². The van der Waals surface area contributed by atoms with Gasteiger partial charge in [0, 0.05) is 0 Å². The summed E-state index contributed by atoms with van der Waals surface area (Å²) < 4.78 is 0. The van der Waals surface area contributed by atoms with E-state index in [9.17, 15) is 9.90 Å². The normalized spacial score (nSPS) is 11.5. The van der Waals surface area contributed by atoms with Crippen LogP contribution in [0.5, 0.6) is 0 Å². The fourth-order valence-electron chi connectivity index (χ4n) is 2.55. The quantitative estimate of drug-likeness (QED) is 0.810. The molecule has 0 heterocycles. The van der Waals surface area contributed by atoms with Crippen molar-refractivity contribution in [3.05, 3.63) is 35.4 Å². The average molecular weight is 234 g/mol. The lowest BCUT2D eigenvalue weighted by Crippen LogP contribution is -2.35. The average Bonchev–Trinajstić information content (AvgIpc) is 2.28. The van der Waals surface area contributed by atoms with E-state index in [4.69, 9.17) is 0 Å². The van der Waals surface area contributed by atoms with Gasteiger partial charge >= 0.3 is 5.97 Å². The molecule has 17 heavy (non-hydrogen) atoms. The predicted molar refractivity (Wildman–Crippen MR) is 70.3 cm³/mol. The van der Waals surface area contributed by atoms with Crippen molar-refractivity contribution >= 4 is 5.97 Å². The summed E-state index contributed by atoms with van der Waals surface area (Å²) in [6, 6.07) is 7.92. The summed E-state index contributed by atoms with van der Waals surface area (Å²) >= 11 is 0. The maximum Gasteiger partial charge on any atom is 0.314 e. The largest absolute Gasteiger partial charge is 0.481 e. The van der Waals surface area contributed by atoms with Crippen molar-refractivity contribution in [2.75, 3.05) is 0 Å². The Balaban J connectivity index is 3.24. The number of benzene rings is 1. The van der Waals surface area contributed by atoms with Crippen molar-refractivity contribution in [2.24, 2.45) is 0 Å². The summed E-state index contributed by atoms with van der Waals surface area (Å²) in [6.45, 7) is 6.10. The highest BCUT2D eigenvalue weighted by Crippen LogP contribution is 2.35. The molecular formula is C15H22O2. The molecule has 0 radical (unpaired) electrons. The maximum atomic E-state index is 11.7. The van der Waals surface area contributed by atoms with Gasteiger partial charge in [0.15, 0.2) is 0 Å². The third kappa shape index (κ3) is 2.87. The van der Waals surface area contributed by atoms with Gasteiger partial charge in [0.25, 0.3) is 0 Å². The summed E-state index contributed by atoms with van der Waals surface area (Å²) in [6.07, 6.45) is 3.19. The molecule has 0 aromatic heterocycles. The van der Waals surface area contributed by atoms with E-state index in [1.807, 2.05) is 45.0 Å². The van der Waals surface area contributed by atoms with Crippen LogP contribution in [-0.2, 0) is 10.2 Å². The third-order valence-corrected chi connectivity index (χ3v) is 3.33. The highest BCUT2D eigenvalue weighted by atomic mass is 16.4. The van der Waals surface area contributed by atoms with Crippen molar-refractivity contribution in [1.29, 1.82) is 0 Å². The van der Waals surface area contributed by atoms with Crippen LogP contribution in [0.25, 0.3) is 0 Å². The van der Waals surface area contributed by atoms with Crippen LogP contribution in [-0.4, -0.2) is 11.1 Å². The molecule has 1 aromatic rings. The van der Waals surface area contributed by atoms with Crippen LogP contribution in [0, 0.1) is 6.92 Å². The van der Waals surface area contributed by atoms with E-state index in [-0.39, 0.29) is 0 Å². The van der Waals surface area contributed by atoms with Crippen molar-refractivity contribution in [1.82, 2.24) is 0 Å². The molecule has 0 unspecified atom stereocenters. The number of hydrogen-bond donors (Lipinski definition) is 1. The van der Waals surface area contributed by atoms with Gasteiger partial charge < -0.3 is 5.11 Å². The first-order valence-corrected chi connectivity index (χ1v) is 6.37. The fraction of sp³-hybridized carbons (Fsp3) is 0.533. The molecule has 1 N–H and O–H groups in total. The number of hydrogen-bond acceptors (Lipinski definition) is 1. The lowest BCUT2D eigenvalue weighted by Gasteiger charge is -2.29. The zero-order chi connectivity index (χ0) is 12.9. The van der Waals surface area contributed by atoms with E-state index in [0.717, 1.165) is 24.0 Å². The molecule has 0 aliphatic carbocycles. The Morgan fingerprint density at radius 2 is 1.82 bits per heavy atom. The van der Waals surface area contributed by atoms with Crippen LogP contribution in [0.15, 0.2) is 24.3 Å². The van der Waals surface area contributed by atoms with Crippen LogP contribution in [0.1, 0.15) is 50.7 Å². The van der Waals surface area contributed by atoms with Gasteiger partial charge in [-0.25, -0.2) is 0 Å². The van der Waals surface area contributed by atoms with Gasteiger partial charge in [0.1, 0.15) is 0 Å². The molecule has 0 spiro atoms. The maximum absolute atomic E-state index is 11.7. The first-order valence-electron chi connectivity index (χ1n) is 6.37. The molecule has 0 saturated carbocycles. The molecule has 0 atom stereocenters. The Kier molecular flexibility index (Phi) is 4.73. The highest BCUT2D eigenvalue weighted by molar-refractivity contribution is 5.81. The van der Waals surface area contributed by atoms with Gasteiger partial charge in [-0.05, 0) is 25.3 Å². The summed E-state index contributed by atoms with van der Waals surface area (Å²) in [5, 5.41) is 9.63. The molecule has 0 bridgehead atoms. The standard InChI is InChI=1S/C15H22O2/c1-4-9-15(10-5-2,14(16)17)13-8-6-7-12(3)11-13/h6-8,11H,4-5,9-10H2,1-3H3,(H,16,17). The Morgan fingerprint density at radius 1 is 1.24 bits per heavy atom.